The van der Waals surface area contributed by atoms with Gasteiger partial charge in [-0.05, 0) is 160 Å². The van der Waals surface area contributed by atoms with Crippen LogP contribution in [0.25, 0.3) is 106 Å². The minimum atomic E-state index is 0.243. The van der Waals surface area contributed by atoms with Gasteiger partial charge in [0.2, 0.25) is 0 Å². The van der Waals surface area contributed by atoms with Gasteiger partial charge in [0.1, 0.15) is 34.5 Å². The SMILES string of the molecule is COc1ccc(-n2c(-c3c(C)noc3C)c(-c3ccccc3)c3ccccc32)cc1.COc1ccc(-n2c(-c3c(C)noc3C)c(Br)c3ccccc32)cc1.Cc1noc(C)c1-c1c(-c2ccccc2)c2ccccc2n1-c1ccc(O)cc1. The molecule has 6 aromatic heterocycles. The van der Waals surface area contributed by atoms with Crippen LogP contribution >= 0.6 is 15.9 Å². The molecule has 0 spiro atoms. The number of hydrogen-bond acceptors (Lipinski definition) is 9. The second-order valence-corrected chi connectivity index (χ2v) is 21.2. The van der Waals surface area contributed by atoms with Gasteiger partial charge in [-0.3, -0.25) is 0 Å². The summed E-state index contributed by atoms with van der Waals surface area (Å²) in [7, 11) is 3.36. The number of fused-ring (bicyclic) bond motifs is 3. The van der Waals surface area contributed by atoms with Crippen molar-refractivity contribution in [3.05, 3.63) is 245 Å². The van der Waals surface area contributed by atoms with Gasteiger partial charge in [0.15, 0.2) is 0 Å². The third-order valence-electron chi connectivity index (χ3n) is 15.3. The summed E-state index contributed by atoms with van der Waals surface area (Å²) in [6, 6.07) is 69.6. The summed E-state index contributed by atoms with van der Waals surface area (Å²) in [4.78, 5) is 0. The summed E-state index contributed by atoms with van der Waals surface area (Å²) >= 11 is 3.80. The Labute approximate surface area is 494 Å². The van der Waals surface area contributed by atoms with E-state index in [-0.39, 0.29) is 5.75 Å². The second-order valence-electron chi connectivity index (χ2n) is 20.4. The highest BCUT2D eigenvalue weighted by atomic mass is 79.9. The highest BCUT2D eigenvalue weighted by Gasteiger charge is 2.28. The van der Waals surface area contributed by atoms with E-state index in [0.717, 1.165) is 145 Å². The van der Waals surface area contributed by atoms with Crippen molar-refractivity contribution in [2.75, 3.05) is 14.2 Å². The van der Waals surface area contributed by atoms with Gasteiger partial charge >= 0.3 is 0 Å². The highest BCUT2D eigenvalue weighted by molar-refractivity contribution is 9.10. The molecule has 0 aliphatic rings. The van der Waals surface area contributed by atoms with E-state index in [9.17, 15) is 5.11 Å². The molecule has 0 aliphatic carbocycles. The number of rotatable bonds is 10. The first kappa shape index (κ1) is 54.5. The molecule has 14 rings (SSSR count). The van der Waals surface area contributed by atoms with Crippen LogP contribution in [0.1, 0.15) is 34.4 Å². The molecule has 14 aromatic rings. The van der Waals surface area contributed by atoms with Crippen molar-refractivity contribution in [1.29, 1.82) is 0 Å². The Bertz CT molecular complexity index is 4590. The van der Waals surface area contributed by atoms with E-state index in [4.69, 9.17) is 23.0 Å². The molecule has 0 aliphatic heterocycles. The number of ether oxygens (including phenoxy) is 2. The van der Waals surface area contributed by atoms with Crippen LogP contribution in [0.2, 0.25) is 0 Å². The van der Waals surface area contributed by atoms with Gasteiger partial charge in [0.05, 0.1) is 86.1 Å². The molecular weight excluding hydrogens is 1110 g/mol. The van der Waals surface area contributed by atoms with Crippen LogP contribution in [-0.2, 0) is 0 Å². The minimum Gasteiger partial charge on any atom is -0.508 e. The Morgan fingerprint density at radius 3 is 1.02 bits per heavy atom. The van der Waals surface area contributed by atoms with Gasteiger partial charge in [-0.25, -0.2) is 0 Å². The fourth-order valence-corrected chi connectivity index (χ4v) is 12.2. The number of nitrogens with zero attached hydrogens (tertiary/aromatic N) is 6. The summed E-state index contributed by atoms with van der Waals surface area (Å²) in [5.41, 5.74) is 19.8. The summed E-state index contributed by atoms with van der Waals surface area (Å²) in [6.07, 6.45) is 0. The maximum absolute atomic E-state index is 9.81. The lowest BCUT2D eigenvalue weighted by atomic mass is 9.97. The first-order valence-electron chi connectivity index (χ1n) is 27.5. The zero-order chi connectivity index (χ0) is 58.2. The Morgan fingerprint density at radius 1 is 0.357 bits per heavy atom. The number of aryl methyl sites for hydroxylation is 6. The van der Waals surface area contributed by atoms with E-state index >= 15 is 0 Å². The standard InChI is InChI=1S/C26H22N2O2.C25H20N2O2.C20H17BrN2O2/c1-17-24(18(2)30-27-17)26-25(19-9-5-4-6-10-19)22-11-7-8-12-23(22)28(26)20-13-15-21(29-3)16-14-20;1-16-23(17(2)29-26-16)25-24(18-8-4-3-5-9-18)21-10-6-7-11-22(21)27(25)19-12-14-20(28)15-13-19;1-12-18(13(2)25-22-12)20-19(21)16-6-4-5-7-17(16)23(20)14-8-10-15(24-3)11-9-14/h4-16H,1-3H3;3-15,28H,1-2H3;4-11H,1-3H3. The van der Waals surface area contributed by atoms with Crippen LogP contribution in [0, 0.1) is 41.5 Å². The van der Waals surface area contributed by atoms with Crippen molar-refractivity contribution in [3.63, 3.8) is 0 Å². The number of methoxy groups -OCH3 is 2. The van der Waals surface area contributed by atoms with Crippen LogP contribution < -0.4 is 9.47 Å². The molecule has 84 heavy (non-hydrogen) atoms. The molecule has 0 saturated heterocycles. The first-order valence-corrected chi connectivity index (χ1v) is 28.3. The topological polar surface area (TPSA) is 132 Å². The quantitative estimate of drug-likeness (QED) is 0.142. The normalized spacial score (nSPS) is 11.2. The number of phenolic OH excluding ortho intramolecular Hbond substituents is 1. The molecule has 0 saturated carbocycles. The van der Waals surface area contributed by atoms with Crippen LogP contribution in [-0.4, -0.2) is 48.5 Å². The predicted molar refractivity (Wildman–Crippen MR) is 338 cm³/mol. The van der Waals surface area contributed by atoms with Gasteiger partial charge in [-0.2, -0.15) is 0 Å². The van der Waals surface area contributed by atoms with Gasteiger partial charge in [0.25, 0.3) is 0 Å². The van der Waals surface area contributed by atoms with E-state index in [0.29, 0.717) is 0 Å². The van der Waals surface area contributed by atoms with Gasteiger partial charge in [-0.1, -0.05) is 131 Å². The number of hydrogen-bond donors (Lipinski definition) is 1. The fraction of sp³-hybridized carbons (Fsp3) is 0.113. The molecular formula is C71H59BrN6O6. The Kier molecular flexibility index (Phi) is 14.9. The van der Waals surface area contributed by atoms with Crippen molar-refractivity contribution >= 4 is 48.6 Å². The zero-order valence-corrected chi connectivity index (χ0v) is 49.3. The van der Waals surface area contributed by atoms with E-state index in [2.05, 4.69) is 172 Å². The van der Waals surface area contributed by atoms with Crippen molar-refractivity contribution < 1.29 is 28.1 Å². The highest BCUT2D eigenvalue weighted by Crippen LogP contribution is 2.47. The molecule has 0 fully saturated rings. The number of aromatic hydroxyl groups is 1. The van der Waals surface area contributed by atoms with E-state index in [1.807, 2.05) is 108 Å². The van der Waals surface area contributed by atoms with E-state index in [1.54, 1.807) is 26.4 Å². The Hall–Kier alpha value is -10.1. The van der Waals surface area contributed by atoms with Crippen LogP contribution in [0.3, 0.4) is 0 Å². The monoisotopic (exact) mass is 1170 g/mol. The fourth-order valence-electron chi connectivity index (χ4n) is 11.5. The van der Waals surface area contributed by atoms with Gasteiger partial charge in [0, 0.05) is 44.3 Å². The molecule has 1 N–H and O–H groups in total. The largest absolute Gasteiger partial charge is 0.508 e. The third-order valence-corrected chi connectivity index (χ3v) is 16.1. The lowest BCUT2D eigenvalue weighted by molar-refractivity contribution is 0.393. The molecule has 416 valence electrons. The lowest BCUT2D eigenvalue weighted by Crippen LogP contribution is -1.99. The first-order chi connectivity index (χ1) is 40.9. The van der Waals surface area contributed by atoms with Crippen molar-refractivity contribution in [3.8, 4) is 90.3 Å². The zero-order valence-electron chi connectivity index (χ0n) is 47.7. The molecule has 12 nitrogen and oxygen atoms in total. The molecule has 13 heteroatoms. The molecule has 6 heterocycles. The van der Waals surface area contributed by atoms with Crippen LogP contribution in [0.4, 0.5) is 0 Å². The van der Waals surface area contributed by atoms with E-state index < -0.39 is 0 Å². The number of aromatic nitrogens is 6. The summed E-state index contributed by atoms with van der Waals surface area (Å²) < 4.78 is 35.0. The smallest absolute Gasteiger partial charge is 0.143 e. The van der Waals surface area contributed by atoms with E-state index in [1.165, 1.54) is 10.9 Å². The maximum atomic E-state index is 9.81. The number of halogens is 1. The predicted octanol–water partition coefficient (Wildman–Crippen LogP) is 18.5. The average molecular weight is 1170 g/mol. The lowest BCUT2D eigenvalue weighted by Gasteiger charge is -2.13. The Balaban J connectivity index is 0.000000125. The van der Waals surface area contributed by atoms with Crippen molar-refractivity contribution in [1.82, 2.24) is 29.2 Å². The van der Waals surface area contributed by atoms with Crippen molar-refractivity contribution in [2.45, 2.75) is 41.5 Å². The van der Waals surface area contributed by atoms with Crippen LogP contribution in [0.15, 0.2) is 224 Å². The Morgan fingerprint density at radius 2 is 0.667 bits per heavy atom. The second kappa shape index (κ2) is 23.0. The summed E-state index contributed by atoms with van der Waals surface area (Å²) in [5, 5.41) is 25.9. The minimum absolute atomic E-state index is 0.243. The molecule has 0 unspecified atom stereocenters. The van der Waals surface area contributed by atoms with Crippen LogP contribution in [0.5, 0.6) is 17.2 Å². The summed E-state index contributed by atoms with van der Waals surface area (Å²) in [5.74, 6) is 4.29. The number of benzene rings is 8. The maximum Gasteiger partial charge on any atom is 0.143 e. The number of phenols is 1. The van der Waals surface area contributed by atoms with Gasteiger partial charge < -0.3 is 41.9 Å². The average Bonchev–Trinajstić information content (AvgIpc) is 1.96. The molecule has 8 aromatic carbocycles. The summed E-state index contributed by atoms with van der Waals surface area (Å²) in [6.45, 7) is 11.8. The molecule has 0 bridgehead atoms. The number of para-hydroxylation sites is 3. The van der Waals surface area contributed by atoms with Gasteiger partial charge in [-0.15, -0.1) is 0 Å². The molecule has 0 atom stereocenters. The van der Waals surface area contributed by atoms with Crippen molar-refractivity contribution in [2.24, 2.45) is 0 Å². The molecule has 0 radical (unpaired) electrons. The molecule has 0 amide bonds. The third kappa shape index (κ3) is 9.81.